The normalized spacial score (nSPS) is 13.1. The van der Waals surface area contributed by atoms with Crippen LogP contribution in [-0.4, -0.2) is 27.8 Å². The third-order valence-electron chi connectivity index (χ3n) is 3.04. The average Bonchev–Trinajstić information content (AvgIpc) is 2.98. The van der Waals surface area contributed by atoms with Gasteiger partial charge in [-0.3, -0.25) is 9.69 Å². The van der Waals surface area contributed by atoms with Crippen LogP contribution in [0.25, 0.3) is 0 Å². The quantitative estimate of drug-likeness (QED) is 0.650. The standard InChI is InChI=1S/C15H15Cl3N2O2/c1-20(10-11-6-3-2-4-7-11)14(15(16,17)18)19-13(21)12-8-5-9-22-12/h2-9,14H,10H2,1H3,(H,19,21)/t14-/m0/s1. The van der Waals surface area contributed by atoms with E-state index in [1.165, 1.54) is 6.26 Å². The molecular weight excluding hydrogens is 347 g/mol. The maximum Gasteiger partial charge on any atom is 0.288 e. The number of carbonyl (C=O) groups excluding carboxylic acids is 1. The van der Waals surface area contributed by atoms with E-state index in [2.05, 4.69) is 5.32 Å². The predicted molar refractivity (Wildman–Crippen MR) is 88.2 cm³/mol. The molecule has 2 rings (SSSR count). The van der Waals surface area contributed by atoms with E-state index in [1.807, 2.05) is 30.3 Å². The lowest BCUT2D eigenvalue weighted by Crippen LogP contribution is -2.53. The monoisotopic (exact) mass is 360 g/mol. The van der Waals surface area contributed by atoms with Gasteiger partial charge in [0.15, 0.2) is 5.76 Å². The van der Waals surface area contributed by atoms with Crippen LogP contribution in [0.2, 0.25) is 0 Å². The highest BCUT2D eigenvalue weighted by atomic mass is 35.6. The van der Waals surface area contributed by atoms with Crippen molar-refractivity contribution in [2.45, 2.75) is 16.5 Å². The Bertz CT molecular complexity index is 597. The van der Waals surface area contributed by atoms with Crippen LogP contribution in [0.15, 0.2) is 53.1 Å². The summed E-state index contributed by atoms with van der Waals surface area (Å²) in [6, 6.07) is 12.9. The van der Waals surface area contributed by atoms with Crippen molar-refractivity contribution in [1.29, 1.82) is 0 Å². The number of hydrogen-bond donors (Lipinski definition) is 1. The number of halogens is 3. The van der Waals surface area contributed by atoms with Gasteiger partial charge in [0.25, 0.3) is 5.91 Å². The van der Waals surface area contributed by atoms with E-state index in [9.17, 15) is 4.79 Å². The number of furan rings is 1. The molecule has 118 valence electrons. The van der Waals surface area contributed by atoms with Crippen LogP contribution in [0.1, 0.15) is 16.1 Å². The van der Waals surface area contributed by atoms with Gasteiger partial charge in [-0.1, -0.05) is 65.1 Å². The second kappa shape index (κ2) is 7.38. The smallest absolute Gasteiger partial charge is 0.288 e. The summed E-state index contributed by atoms with van der Waals surface area (Å²) in [5, 5.41) is 2.68. The molecule has 1 atom stereocenters. The molecule has 0 saturated carbocycles. The molecule has 2 aromatic rings. The molecule has 7 heteroatoms. The van der Waals surface area contributed by atoms with Crippen molar-refractivity contribution < 1.29 is 9.21 Å². The molecule has 0 spiro atoms. The molecule has 1 aromatic heterocycles. The van der Waals surface area contributed by atoms with Crippen molar-refractivity contribution in [3.8, 4) is 0 Å². The number of nitrogens with zero attached hydrogens (tertiary/aromatic N) is 1. The SMILES string of the molecule is CN(Cc1ccccc1)[C@H](NC(=O)c1ccco1)C(Cl)(Cl)Cl. The largest absolute Gasteiger partial charge is 0.459 e. The fourth-order valence-electron chi connectivity index (χ4n) is 2.01. The second-order valence-electron chi connectivity index (χ2n) is 4.80. The Kier molecular flexibility index (Phi) is 5.75. The topological polar surface area (TPSA) is 45.5 Å². The second-order valence-corrected chi connectivity index (χ2v) is 7.16. The third-order valence-corrected chi connectivity index (χ3v) is 3.66. The summed E-state index contributed by atoms with van der Waals surface area (Å²) in [6.07, 6.45) is 0.600. The lowest BCUT2D eigenvalue weighted by molar-refractivity contribution is 0.0841. The lowest BCUT2D eigenvalue weighted by atomic mass is 10.2. The van der Waals surface area contributed by atoms with Crippen LogP contribution >= 0.6 is 34.8 Å². The van der Waals surface area contributed by atoms with Gasteiger partial charge in [0.05, 0.1) is 6.26 Å². The van der Waals surface area contributed by atoms with Crippen LogP contribution < -0.4 is 5.32 Å². The molecule has 0 aliphatic heterocycles. The molecule has 0 aliphatic carbocycles. The zero-order valence-electron chi connectivity index (χ0n) is 11.8. The van der Waals surface area contributed by atoms with Gasteiger partial charge in [0.1, 0.15) is 6.17 Å². The van der Waals surface area contributed by atoms with Crippen molar-refractivity contribution in [3.05, 3.63) is 60.1 Å². The summed E-state index contributed by atoms with van der Waals surface area (Å²) in [6.45, 7) is 0.512. The summed E-state index contributed by atoms with van der Waals surface area (Å²) in [4.78, 5) is 13.9. The van der Waals surface area contributed by atoms with Crippen molar-refractivity contribution in [2.24, 2.45) is 0 Å². The molecule has 1 aromatic carbocycles. The molecule has 0 saturated heterocycles. The first kappa shape index (κ1) is 17.2. The first-order valence-corrected chi connectivity index (χ1v) is 7.66. The number of benzene rings is 1. The van der Waals surface area contributed by atoms with E-state index in [0.29, 0.717) is 6.54 Å². The van der Waals surface area contributed by atoms with E-state index >= 15 is 0 Å². The van der Waals surface area contributed by atoms with Crippen molar-refractivity contribution >= 4 is 40.7 Å². The number of amides is 1. The van der Waals surface area contributed by atoms with Gasteiger partial charge in [-0.2, -0.15) is 0 Å². The van der Waals surface area contributed by atoms with Gasteiger partial charge in [0.2, 0.25) is 3.79 Å². The molecule has 1 N–H and O–H groups in total. The van der Waals surface area contributed by atoms with Gasteiger partial charge in [-0.25, -0.2) is 0 Å². The Morgan fingerprint density at radius 2 is 1.91 bits per heavy atom. The molecule has 0 unspecified atom stereocenters. The van der Waals surface area contributed by atoms with Gasteiger partial charge in [0, 0.05) is 6.54 Å². The Morgan fingerprint density at radius 1 is 1.23 bits per heavy atom. The van der Waals surface area contributed by atoms with E-state index in [1.54, 1.807) is 24.1 Å². The molecule has 1 amide bonds. The van der Waals surface area contributed by atoms with Crippen LogP contribution in [-0.2, 0) is 6.54 Å². The van der Waals surface area contributed by atoms with E-state index in [-0.39, 0.29) is 5.76 Å². The molecule has 0 bridgehead atoms. The molecule has 22 heavy (non-hydrogen) atoms. The van der Waals surface area contributed by atoms with Gasteiger partial charge >= 0.3 is 0 Å². The summed E-state index contributed by atoms with van der Waals surface area (Å²) in [7, 11) is 1.77. The van der Waals surface area contributed by atoms with Crippen molar-refractivity contribution in [1.82, 2.24) is 10.2 Å². The highest BCUT2D eigenvalue weighted by Crippen LogP contribution is 2.32. The number of nitrogens with one attached hydrogen (secondary N) is 1. The number of carbonyl (C=O) groups is 1. The zero-order valence-corrected chi connectivity index (χ0v) is 14.1. The van der Waals surface area contributed by atoms with Crippen molar-refractivity contribution in [2.75, 3.05) is 7.05 Å². The van der Waals surface area contributed by atoms with Gasteiger partial charge in [-0.15, -0.1) is 0 Å². The number of alkyl halides is 3. The first-order chi connectivity index (χ1) is 10.4. The Morgan fingerprint density at radius 3 is 2.45 bits per heavy atom. The Labute approximate surface area is 143 Å². The Balaban J connectivity index is 2.10. The number of hydrogen-bond acceptors (Lipinski definition) is 3. The van der Waals surface area contributed by atoms with Gasteiger partial charge < -0.3 is 9.73 Å². The zero-order chi connectivity index (χ0) is 16.2. The third kappa shape index (κ3) is 4.65. The summed E-state index contributed by atoms with van der Waals surface area (Å²) in [5.74, 6) is -0.284. The minimum absolute atomic E-state index is 0.160. The van der Waals surface area contributed by atoms with E-state index < -0.39 is 15.9 Å². The average molecular weight is 362 g/mol. The molecule has 0 radical (unpaired) electrons. The molecule has 0 aliphatic rings. The van der Waals surface area contributed by atoms with E-state index in [4.69, 9.17) is 39.2 Å². The summed E-state index contributed by atoms with van der Waals surface area (Å²) in [5.41, 5.74) is 1.04. The first-order valence-electron chi connectivity index (χ1n) is 6.53. The maximum absolute atomic E-state index is 12.1. The minimum Gasteiger partial charge on any atom is -0.459 e. The minimum atomic E-state index is -1.69. The number of rotatable bonds is 5. The van der Waals surface area contributed by atoms with Crippen molar-refractivity contribution in [3.63, 3.8) is 0 Å². The fourth-order valence-corrected chi connectivity index (χ4v) is 2.67. The lowest BCUT2D eigenvalue weighted by Gasteiger charge is -2.33. The summed E-state index contributed by atoms with van der Waals surface area (Å²) >= 11 is 18.0. The maximum atomic E-state index is 12.1. The highest BCUT2D eigenvalue weighted by molar-refractivity contribution is 6.68. The molecular formula is C15H15Cl3N2O2. The predicted octanol–water partition coefficient (Wildman–Crippen LogP) is 3.84. The molecule has 0 fully saturated rings. The van der Waals surface area contributed by atoms with E-state index in [0.717, 1.165) is 5.56 Å². The summed E-state index contributed by atoms with van der Waals surface area (Å²) < 4.78 is 3.36. The van der Waals surface area contributed by atoms with Crippen LogP contribution in [0, 0.1) is 0 Å². The van der Waals surface area contributed by atoms with Crippen LogP contribution in [0.5, 0.6) is 0 Å². The van der Waals surface area contributed by atoms with Crippen LogP contribution in [0.3, 0.4) is 0 Å². The molecule has 1 heterocycles. The Hall–Kier alpha value is -1.20. The fraction of sp³-hybridized carbons (Fsp3) is 0.267. The van der Waals surface area contributed by atoms with Crippen LogP contribution in [0.4, 0.5) is 0 Å². The molecule has 4 nitrogen and oxygen atoms in total. The van der Waals surface area contributed by atoms with Gasteiger partial charge in [-0.05, 0) is 24.7 Å². The highest BCUT2D eigenvalue weighted by Gasteiger charge is 2.37.